The molecule has 5 nitrogen and oxygen atoms in total. The lowest BCUT2D eigenvalue weighted by Crippen LogP contribution is -2.57. The van der Waals surface area contributed by atoms with Gasteiger partial charge in [-0.1, -0.05) is 146 Å². The molecular formula is C43H43ClO5. The van der Waals surface area contributed by atoms with Gasteiger partial charge in [-0.25, -0.2) is 0 Å². The van der Waals surface area contributed by atoms with Gasteiger partial charge in [-0.05, 0) is 69.5 Å². The van der Waals surface area contributed by atoms with E-state index in [9.17, 15) is 10.2 Å². The van der Waals surface area contributed by atoms with Crippen molar-refractivity contribution in [2.45, 2.75) is 63.5 Å². The topological polar surface area (TPSA) is 68.2 Å². The van der Waals surface area contributed by atoms with Gasteiger partial charge in [-0.3, -0.25) is 0 Å². The average molecular weight is 675 g/mol. The first-order valence-electron chi connectivity index (χ1n) is 16.8. The van der Waals surface area contributed by atoms with Gasteiger partial charge in [0.25, 0.3) is 0 Å². The minimum atomic E-state index is -1.69. The quantitative estimate of drug-likeness (QED) is 0.116. The second-order valence-corrected chi connectivity index (χ2v) is 13.0. The van der Waals surface area contributed by atoms with Crippen LogP contribution in [0.15, 0.2) is 145 Å². The van der Waals surface area contributed by atoms with Crippen molar-refractivity contribution < 1.29 is 24.4 Å². The van der Waals surface area contributed by atoms with Crippen molar-refractivity contribution in [2.24, 2.45) is 0 Å². The van der Waals surface area contributed by atoms with Crippen molar-refractivity contribution in [1.29, 1.82) is 0 Å². The first kappa shape index (κ1) is 34.8. The molecule has 0 spiro atoms. The SMILES string of the molecule is CCc1ccc(Cc2cc([C@]3(O)C=C(CO)[C@@H](OCc4ccccc4)[C@H](OCc4ccccc4)[C@H]3OCc3ccccc3)ccc2Cl)cc1. The maximum absolute atomic E-state index is 12.9. The fourth-order valence-corrected chi connectivity index (χ4v) is 6.59. The number of ether oxygens (including phenoxy) is 3. The average Bonchev–Trinajstić information content (AvgIpc) is 3.15. The summed E-state index contributed by atoms with van der Waals surface area (Å²) < 4.78 is 20.0. The molecule has 1 aliphatic carbocycles. The monoisotopic (exact) mass is 674 g/mol. The van der Waals surface area contributed by atoms with E-state index >= 15 is 0 Å². The van der Waals surface area contributed by atoms with Gasteiger partial charge >= 0.3 is 0 Å². The summed E-state index contributed by atoms with van der Waals surface area (Å²) in [6.07, 6.45) is 0.866. The van der Waals surface area contributed by atoms with E-state index in [1.54, 1.807) is 6.08 Å². The molecule has 0 unspecified atom stereocenters. The van der Waals surface area contributed by atoms with Crippen molar-refractivity contribution in [3.63, 3.8) is 0 Å². The third kappa shape index (κ3) is 8.57. The molecule has 5 aromatic carbocycles. The van der Waals surface area contributed by atoms with Crippen LogP contribution in [0.4, 0.5) is 0 Å². The molecule has 0 amide bonds. The summed E-state index contributed by atoms with van der Waals surface area (Å²) in [6.45, 7) is 2.59. The molecule has 6 rings (SSSR count). The zero-order valence-electron chi connectivity index (χ0n) is 27.8. The zero-order valence-corrected chi connectivity index (χ0v) is 28.5. The highest BCUT2D eigenvalue weighted by atomic mass is 35.5. The van der Waals surface area contributed by atoms with Crippen LogP contribution in [0.25, 0.3) is 0 Å². The second-order valence-electron chi connectivity index (χ2n) is 12.6. The molecule has 0 saturated carbocycles. The van der Waals surface area contributed by atoms with Crippen LogP contribution in [0.3, 0.4) is 0 Å². The molecule has 1 aliphatic rings. The number of rotatable bonds is 14. The van der Waals surface area contributed by atoms with Crippen molar-refractivity contribution in [2.75, 3.05) is 6.61 Å². The highest BCUT2D eigenvalue weighted by molar-refractivity contribution is 6.31. The largest absolute Gasteiger partial charge is 0.392 e. The standard InChI is InChI=1S/C43H43ClO5/c1-2-31-18-20-32(21-19-31)24-36-25-38(22-23-39(36)44)43(46)26-37(27-45)40(47-28-33-12-6-3-7-13-33)41(48-29-34-14-8-4-9-15-34)42(43)49-30-35-16-10-5-11-17-35/h3-23,25-26,40-42,45-46H,2,24,27-30H2,1H3/t40-,41+,42-,43-/m1/s1. The van der Waals surface area contributed by atoms with Gasteiger partial charge in [-0.2, -0.15) is 0 Å². The highest BCUT2D eigenvalue weighted by Gasteiger charge is 2.51. The minimum absolute atomic E-state index is 0.233. The molecule has 0 fully saturated rings. The smallest absolute Gasteiger partial charge is 0.137 e. The van der Waals surface area contributed by atoms with Crippen LogP contribution in [0.1, 0.15) is 45.9 Å². The van der Waals surface area contributed by atoms with E-state index < -0.39 is 23.9 Å². The summed E-state index contributed by atoms with van der Waals surface area (Å²) in [5, 5.41) is 24.3. The van der Waals surface area contributed by atoms with Crippen molar-refractivity contribution in [3.8, 4) is 0 Å². The van der Waals surface area contributed by atoms with Gasteiger partial charge < -0.3 is 24.4 Å². The Morgan fingerprint density at radius 3 is 1.71 bits per heavy atom. The van der Waals surface area contributed by atoms with E-state index in [1.807, 2.05) is 109 Å². The van der Waals surface area contributed by atoms with Crippen LogP contribution in [-0.2, 0) is 52.5 Å². The lowest BCUT2D eigenvalue weighted by molar-refractivity contribution is -0.203. The molecule has 4 atom stereocenters. The number of hydrogen-bond acceptors (Lipinski definition) is 5. The summed E-state index contributed by atoms with van der Waals surface area (Å²) in [7, 11) is 0. The number of benzene rings is 5. The van der Waals surface area contributed by atoms with E-state index in [1.165, 1.54) is 5.56 Å². The first-order valence-corrected chi connectivity index (χ1v) is 17.2. The van der Waals surface area contributed by atoms with Gasteiger partial charge in [0.05, 0.1) is 26.4 Å². The minimum Gasteiger partial charge on any atom is -0.392 e. The van der Waals surface area contributed by atoms with Gasteiger partial charge in [-0.15, -0.1) is 0 Å². The zero-order chi connectivity index (χ0) is 34.1. The third-order valence-electron chi connectivity index (χ3n) is 9.15. The Morgan fingerprint density at radius 1 is 0.633 bits per heavy atom. The summed E-state index contributed by atoms with van der Waals surface area (Å²) in [5.41, 5.74) is 5.60. The molecule has 2 N–H and O–H groups in total. The van der Waals surface area contributed by atoms with Crippen LogP contribution >= 0.6 is 11.6 Å². The Kier molecular flexibility index (Phi) is 11.8. The van der Waals surface area contributed by atoms with Crippen LogP contribution in [0.5, 0.6) is 0 Å². The number of aliphatic hydroxyl groups excluding tert-OH is 1. The fourth-order valence-electron chi connectivity index (χ4n) is 6.41. The molecule has 252 valence electrons. The molecule has 0 heterocycles. The highest BCUT2D eigenvalue weighted by Crippen LogP contribution is 2.42. The number of aliphatic hydroxyl groups is 2. The lowest BCUT2D eigenvalue weighted by Gasteiger charge is -2.46. The molecule has 49 heavy (non-hydrogen) atoms. The van der Waals surface area contributed by atoms with Crippen molar-refractivity contribution in [1.82, 2.24) is 0 Å². The molecule has 0 radical (unpaired) electrons. The molecule has 0 saturated heterocycles. The van der Waals surface area contributed by atoms with Crippen LogP contribution < -0.4 is 0 Å². The van der Waals surface area contributed by atoms with Crippen molar-refractivity contribution in [3.05, 3.63) is 189 Å². The predicted molar refractivity (Wildman–Crippen MR) is 194 cm³/mol. The summed E-state index contributed by atoms with van der Waals surface area (Å²) >= 11 is 6.78. The maximum Gasteiger partial charge on any atom is 0.137 e. The van der Waals surface area contributed by atoms with E-state index in [0.717, 1.165) is 34.2 Å². The molecule has 0 aromatic heterocycles. The third-order valence-corrected chi connectivity index (χ3v) is 9.52. The summed E-state index contributed by atoms with van der Waals surface area (Å²) in [6, 6.07) is 43.7. The maximum atomic E-state index is 12.9. The predicted octanol–water partition coefficient (Wildman–Crippen LogP) is 8.37. The van der Waals surface area contributed by atoms with Gasteiger partial charge in [0.15, 0.2) is 0 Å². The van der Waals surface area contributed by atoms with Crippen LogP contribution in [0.2, 0.25) is 5.02 Å². The second kappa shape index (κ2) is 16.6. The van der Waals surface area contributed by atoms with Crippen LogP contribution in [-0.4, -0.2) is 35.1 Å². The molecule has 0 bridgehead atoms. The van der Waals surface area contributed by atoms with E-state index in [0.29, 0.717) is 29.2 Å². The summed E-state index contributed by atoms with van der Waals surface area (Å²) in [5.74, 6) is 0. The molecule has 5 aromatic rings. The fraction of sp³-hybridized carbons (Fsp3) is 0.256. The van der Waals surface area contributed by atoms with Crippen molar-refractivity contribution >= 4 is 11.6 Å². The normalized spacial score (nSPS) is 20.6. The Morgan fingerprint density at radius 2 is 1.16 bits per heavy atom. The molecule has 6 heteroatoms. The van der Waals surface area contributed by atoms with E-state index in [2.05, 4.69) is 31.2 Å². The Hall–Kier alpha value is -4.07. The van der Waals surface area contributed by atoms with E-state index in [4.69, 9.17) is 25.8 Å². The van der Waals surface area contributed by atoms with Gasteiger partial charge in [0, 0.05) is 5.02 Å². The Balaban J connectivity index is 1.41. The lowest BCUT2D eigenvalue weighted by atomic mass is 9.75. The van der Waals surface area contributed by atoms with Crippen LogP contribution in [0, 0.1) is 0 Å². The van der Waals surface area contributed by atoms with E-state index in [-0.39, 0.29) is 19.8 Å². The summed E-state index contributed by atoms with van der Waals surface area (Å²) in [4.78, 5) is 0. The number of halogens is 1. The Bertz CT molecular complexity index is 1790. The number of hydrogen-bond donors (Lipinski definition) is 2. The Labute approximate surface area is 294 Å². The van der Waals surface area contributed by atoms with Gasteiger partial charge in [0.1, 0.15) is 23.9 Å². The van der Waals surface area contributed by atoms with Gasteiger partial charge in [0.2, 0.25) is 0 Å². The molecule has 0 aliphatic heterocycles. The number of aryl methyl sites for hydroxylation is 1. The first-order chi connectivity index (χ1) is 24.0. The molecular weight excluding hydrogens is 632 g/mol.